The Kier molecular flexibility index (Phi) is 4.64. The van der Waals surface area contributed by atoms with E-state index in [0.29, 0.717) is 10.0 Å². The van der Waals surface area contributed by atoms with Crippen molar-refractivity contribution in [2.24, 2.45) is 0 Å². The summed E-state index contributed by atoms with van der Waals surface area (Å²) in [7, 11) is -3.10. The largest absolute Gasteiger partial charge is 0.349 e. The van der Waals surface area contributed by atoms with E-state index in [0.717, 1.165) is 6.26 Å². The number of carbonyl (C=O) groups is 1. The van der Waals surface area contributed by atoms with Gasteiger partial charge in [-0.2, -0.15) is 0 Å². The van der Waals surface area contributed by atoms with Gasteiger partial charge in [0.2, 0.25) is 0 Å². The van der Waals surface area contributed by atoms with Crippen LogP contribution in [-0.4, -0.2) is 37.4 Å². The average molecular weight is 321 g/mol. The Morgan fingerprint density at radius 3 is 2.71 bits per heavy atom. The number of aromatic nitrogens is 1. The highest BCUT2D eigenvalue weighted by Crippen LogP contribution is 2.09. The van der Waals surface area contributed by atoms with Gasteiger partial charge < -0.3 is 5.32 Å². The van der Waals surface area contributed by atoms with Crippen LogP contribution in [0.4, 0.5) is 0 Å². The zero-order valence-electron chi connectivity index (χ0n) is 9.47. The Labute approximate surface area is 109 Å². The molecule has 0 aromatic carbocycles. The molecule has 0 unspecified atom stereocenters. The molecule has 5 nitrogen and oxygen atoms in total. The Balaban J connectivity index is 2.67. The van der Waals surface area contributed by atoms with E-state index in [-0.39, 0.29) is 11.7 Å². The topological polar surface area (TPSA) is 76.1 Å². The Morgan fingerprint density at radius 1 is 1.53 bits per heavy atom. The molecule has 0 bridgehead atoms. The summed E-state index contributed by atoms with van der Waals surface area (Å²) in [5, 5.41) is 2.60. The van der Waals surface area contributed by atoms with Gasteiger partial charge in [0.05, 0.1) is 11.3 Å². The predicted molar refractivity (Wildman–Crippen MR) is 68.6 cm³/mol. The highest BCUT2D eigenvalue weighted by atomic mass is 79.9. The summed E-state index contributed by atoms with van der Waals surface area (Å²) < 4.78 is 22.8. The second kappa shape index (κ2) is 5.59. The molecular formula is C10H13BrN2O3S. The fourth-order valence-electron chi connectivity index (χ4n) is 1.34. The minimum atomic E-state index is -3.10. The number of halogens is 1. The fraction of sp³-hybridized carbons (Fsp3) is 0.400. The smallest absolute Gasteiger partial charge is 0.253 e. The van der Waals surface area contributed by atoms with Crippen LogP contribution in [0.25, 0.3) is 0 Å². The van der Waals surface area contributed by atoms with Crippen molar-refractivity contribution in [2.75, 3.05) is 12.0 Å². The molecule has 0 aliphatic rings. The first-order valence-corrected chi connectivity index (χ1v) is 7.72. The van der Waals surface area contributed by atoms with E-state index in [1.165, 1.54) is 6.20 Å². The summed E-state index contributed by atoms with van der Waals surface area (Å²) in [4.78, 5) is 15.6. The Bertz CT molecular complexity index is 516. The van der Waals surface area contributed by atoms with E-state index in [1.807, 2.05) is 0 Å². The predicted octanol–water partition coefficient (Wildman–Crippen LogP) is 1.01. The molecule has 0 spiro atoms. The molecule has 0 saturated heterocycles. The second-order valence-electron chi connectivity index (χ2n) is 3.86. The quantitative estimate of drug-likeness (QED) is 0.898. The summed E-state index contributed by atoms with van der Waals surface area (Å²) in [5.74, 6) is -0.421. The number of nitrogens with zero attached hydrogens (tertiary/aromatic N) is 1. The molecule has 1 heterocycles. The van der Waals surface area contributed by atoms with Crippen LogP contribution in [0.1, 0.15) is 17.3 Å². The maximum absolute atomic E-state index is 11.7. The van der Waals surface area contributed by atoms with Crippen molar-refractivity contribution >= 4 is 31.7 Å². The first kappa shape index (κ1) is 14.1. The van der Waals surface area contributed by atoms with E-state index in [9.17, 15) is 13.2 Å². The molecule has 0 aliphatic carbocycles. The van der Waals surface area contributed by atoms with Gasteiger partial charge in [0.25, 0.3) is 5.91 Å². The minimum absolute atomic E-state index is 0.0832. The molecular weight excluding hydrogens is 308 g/mol. The van der Waals surface area contributed by atoms with Crippen molar-refractivity contribution in [2.45, 2.75) is 13.0 Å². The lowest BCUT2D eigenvalue weighted by molar-refractivity contribution is 0.0943. The summed E-state index contributed by atoms with van der Waals surface area (Å²) in [6.45, 7) is 1.64. The van der Waals surface area contributed by atoms with Crippen LogP contribution >= 0.6 is 15.9 Å². The lowest BCUT2D eigenvalue weighted by Crippen LogP contribution is -2.37. The number of hydrogen-bond acceptors (Lipinski definition) is 4. The maximum Gasteiger partial charge on any atom is 0.253 e. The fourth-order valence-corrected chi connectivity index (χ4v) is 2.70. The average Bonchev–Trinajstić information content (AvgIpc) is 2.14. The van der Waals surface area contributed by atoms with Crippen LogP contribution < -0.4 is 5.32 Å². The van der Waals surface area contributed by atoms with Crippen molar-refractivity contribution < 1.29 is 13.2 Å². The van der Waals surface area contributed by atoms with Crippen molar-refractivity contribution in [3.8, 4) is 0 Å². The van der Waals surface area contributed by atoms with Gasteiger partial charge in [0, 0.05) is 29.2 Å². The standard InChI is InChI=1S/C10H13BrN2O3S/c1-7(6-17(2,15)16)13-10(14)8-3-9(11)5-12-4-8/h3-5,7H,6H2,1-2H3,(H,13,14)/t7-/m0/s1. The monoisotopic (exact) mass is 320 g/mol. The molecule has 0 fully saturated rings. The first-order valence-electron chi connectivity index (χ1n) is 4.87. The third kappa shape index (κ3) is 5.27. The van der Waals surface area contributed by atoms with Crippen LogP contribution in [0.15, 0.2) is 22.9 Å². The molecule has 17 heavy (non-hydrogen) atoms. The van der Waals surface area contributed by atoms with Crippen LogP contribution in [0.5, 0.6) is 0 Å². The van der Waals surface area contributed by atoms with E-state index < -0.39 is 15.9 Å². The number of sulfone groups is 1. The molecule has 0 radical (unpaired) electrons. The molecule has 0 saturated carbocycles. The first-order chi connectivity index (χ1) is 7.78. The van der Waals surface area contributed by atoms with Crippen molar-refractivity contribution in [1.29, 1.82) is 0 Å². The van der Waals surface area contributed by atoms with Gasteiger partial charge in [-0.25, -0.2) is 8.42 Å². The van der Waals surface area contributed by atoms with Gasteiger partial charge in [0.1, 0.15) is 9.84 Å². The highest BCUT2D eigenvalue weighted by Gasteiger charge is 2.14. The summed E-state index contributed by atoms with van der Waals surface area (Å²) in [6, 6.07) is 1.19. The molecule has 1 aromatic rings. The molecule has 7 heteroatoms. The zero-order chi connectivity index (χ0) is 13.1. The molecule has 1 aromatic heterocycles. The molecule has 1 N–H and O–H groups in total. The second-order valence-corrected chi connectivity index (χ2v) is 6.96. The lowest BCUT2D eigenvalue weighted by Gasteiger charge is -2.12. The van der Waals surface area contributed by atoms with E-state index >= 15 is 0 Å². The van der Waals surface area contributed by atoms with Gasteiger partial charge in [0.15, 0.2) is 0 Å². The SMILES string of the molecule is C[C@@H](CS(C)(=O)=O)NC(=O)c1cncc(Br)c1. The van der Waals surface area contributed by atoms with E-state index in [4.69, 9.17) is 0 Å². The number of carbonyl (C=O) groups excluding carboxylic acids is 1. The number of nitrogens with one attached hydrogen (secondary N) is 1. The van der Waals surface area contributed by atoms with Gasteiger partial charge in [-0.3, -0.25) is 9.78 Å². The van der Waals surface area contributed by atoms with Crippen molar-refractivity contribution in [3.63, 3.8) is 0 Å². The number of amides is 1. The molecule has 94 valence electrons. The molecule has 1 rings (SSSR count). The molecule has 1 atom stereocenters. The molecule has 1 amide bonds. The minimum Gasteiger partial charge on any atom is -0.349 e. The Hall–Kier alpha value is -0.950. The van der Waals surface area contributed by atoms with Crippen molar-refractivity contribution in [1.82, 2.24) is 10.3 Å². The number of rotatable bonds is 4. The van der Waals surface area contributed by atoms with Gasteiger partial charge in [-0.1, -0.05) is 0 Å². The van der Waals surface area contributed by atoms with Gasteiger partial charge >= 0.3 is 0 Å². The van der Waals surface area contributed by atoms with Crippen LogP contribution in [0.2, 0.25) is 0 Å². The maximum atomic E-state index is 11.7. The van der Waals surface area contributed by atoms with Crippen LogP contribution in [0, 0.1) is 0 Å². The van der Waals surface area contributed by atoms with Crippen molar-refractivity contribution in [3.05, 3.63) is 28.5 Å². The van der Waals surface area contributed by atoms with Crippen LogP contribution in [-0.2, 0) is 9.84 Å². The van der Waals surface area contributed by atoms with Crippen LogP contribution in [0.3, 0.4) is 0 Å². The van der Waals surface area contributed by atoms with Gasteiger partial charge in [-0.15, -0.1) is 0 Å². The normalized spacial score (nSPS) is 13.1. The summed E-state index contributed by atoms with van der Waals surface area (Å²) in [5.41, 5.74) is 0.389. The van der Waals surface area contributed by atoms with Gasteiger partial charge in [-0.05, 0) is 28.9 Å². The molecule has 0 aliphatic heterocycles. The summed E-state index contributed by atoms with van der Waals surface area (Å²) in [6.07, 6.45) is 4.13. The highest BCUT2D eigenvalue weighted by molar-refractivity contribution is 9.10. The lowest BCUT2D eigenvalue weighted by atomic mass is 10.2. The third-order valence-electron chi connectivity index (χ3n) is 1.90. The summed E-state index contributed by atoms with van der Waals surface area (Å²) >= 11 is 3.21. The third-order valence-corrected chi connectivity index (χ3v) is 3.44. The zero-order valence-corrected chi connectivity index (χ0v) is 11.9. The number of hydrogen-bond donors (Lipinski definition) is 1. The number of pyridine rings is 1. The van der Waals surface area contributed by atoms with E-state index in [2.05, 4.69) is 26.2 Å². The Morgan fingerprint density at radius 2 is 2.18 bits per heavy atom. The van der Waals surface area contributed by atoms with E-state index in [1.54, 1.807) is 19.2 Å².